The number of ether oxygens (including phenoxy) is 1. The molecule has 9 nitrogen and oxygen atoms in total. The number of alkyl carbamates (subject to hydrolysis) is 1. The summed E-state index contributed by atoms with van der Waals surface area (Å²) < 4.78 is 13.4. The van der Waals surface area contributed by atoms with Crippen molar-refractivity contribution < 1.29 is 30.4 Å². The molecule has 0 aliphatic carbocycles. The zero-order valence-corrected chi connectivity index (χ0v) is 22.5. The molecule has 3 N–H and O–H groups in total. The van der Waals surface area contributed by atoms with Crippen LogP contribution in [-0.2, 0) is 25.5 Å². The molecule has 3 atom stereocenters. The lowest BCUT2D eigenvalue weighted by Gasteiger charge is -2.32. The summed E-state index contributed by atoms with van der Waals surface area (Å²) in [5.74, 6) is -2.43. The first kappa shape index (κ1) is 29.1. The number of nitrogens with zero attached hydrogens (tertiary/aromatic N) is 1. The van der Waals surface area contributed by atoms with Gasteiger partial charge in [-0.2, -0.15) is 0 Å². The van der Waals surface area contributed by atoms with Crippen molar-refractivity contribution in [1.29, 1.82) is 0 Å². The quantitative estimate of drug-likeness (QED) is 0.398. The number of benzene rings is 1. The molecule has 0 unspecified atom stereocenters. The fraction of sp³-hybridized carbons (Fsp3) is 0.630. The molecule has 0 bridgehead atoms. The van der Waals surface area contributed by atoms with E-state index in [-0.39, 0.29) is 31.1 Å². The fourth-order valence-corrected chi connectivity index (χ4v) is 3.64. The Bertz CT molecular complexity index is 901. The van der Waals surface area contributed by atoms with E-state index in [0.29, 0.717) is 0 Å². The Morgan fingerprint density at radius 2 is 1.53 bits per heavy atom. The Hall–Kier alpha value is -3.10. The molecule has 0 aliphatic heterocycles. The van der Waals surface area contributed by atoms with Crippen LogP contribution in [0.25, 0.3) is 0 Å². The molecule has 0 fully saturated rings. The molecule has 36 heavy (non-hydrogen) atoms. The largest absolute Gasteiger partial charge is 0.480 e. The Morgan fingerprint density at radius 3 is 2.00 bits per heavy atom. The molecule has 202 valence electrons. The minimum atomic E-state index is -1.17. The van der Waals surface area contributed by atoms with Crippen molar-refractivity contribution in [3.8, 4) is 0 Å². The molecule has 0 spiro atoms. The van der Waals surface area contributed by atoms with Crippen LogP contribution in [0.2, 0.25) is 0 Å². The van der Waals surface area contributed by atoms with Gasteiger partial charge in [-0.3, -0.25) is 9.59 Å². The van der Waals surface area contributed by atoms with E-state index in [0.717, 1.165) is 10.5 Å². The normalized spacial score (nSPS) is 14.4. The van der Waals surface area contributed by atoms with Gasteiger partial charge in [-0.05, 0) is 51.0 Å². The number of carboxylic acids is 1. The summed E-state index contributed by atoms with van der Waals surface area (Å²) in [4.78, 5) is 52.5. The van der Waals surface area contributed by atoms with Crippen molar-refractivity contribution in [3.63, 3.8) is 0 Å². The van der Waals surface area contributed by atoms with Crippen LogP contribution < -0.4 is 10.6 Å². The molecule has 0 saturated carbocycles. The van der Waals surface area contributed by atoms with Gasteiger partial charge in [0, 0.05) is 14.8 Å². The van der Waals surface area contributed by atoms with Gasteiger partial charge in [0.1, 0.15) is 23.7 Å². The predicted octanol–water partition coefficient (Wildman–Crippen LogP) is 3.61. The van der Waals surface area contributed by atoms with Gasteiger partial charge in [0.2, 0.25) is 11.8 Å². The minimum absolute atomic E-state index is 0.0105. The second-order valence-corrected chi connectivity index (χ2v) is 10.9. The SMILES string of the molecule is [2H]CN(C(=O)[C@H](CC(C)C)NC(=O)OC(C)(C)C)[C@@H](Cc1ccccc1)C(=O)N[C@H](CC(C)C)C(=O)O. The first-order valence-corrected chi connectivity index (χ1v) is 12.3. The van der Waals surface area contributed by atoms with E-state index in [2.05, 4.69) is 10.6 Å². The number of carboxylic acid groups (broad SMARTS) is 1. The van der Waals surface area contributed by atoms with Crippen molar-refractivity contribution >= 4 is 23.9 Å². The lowest BCUT2D eigenvalue weighted by Crippen LogP contribution is -2.57. The zero-order valence-electron chi connectivity index (χ0n) is 23.5. The molecule has 1 aromatic rings. The van der Waals surface area contributed by atoms with Gasteiger partial charge in [-0.25, -0.2) is 9.59 Å². The predicted molar refractivity (Wildman–Crippen MR) is 138 cm³/mol. The van der Waals surface area contributed by atoms with Crippen LogP contribution >= 0.6 is 0 Å². The fourth-order valence-electron chi connectivity index (χ4n) is 3.64. The molecule has 0 aliphatic rings. The van der Waals surface area contributed by atoms with E-state index >= 15 is 0 Å². The molecule has 9 heteroatoms. The minimum Gasteiger partial charge on any atom is -0.480 e. The number of nitrogens with one attached hydrogen (secondary N) is 2. The number of carbonyl (C=O) groups excluding carboxylic acids is 3. The topological polar surface area (TPSA) is 125 Å². The maximum absolute atomic E-state index is 13.7. The van der Waals surface area contributed by atoms with Crippen LogP contribution in [0.3, 0.4) is 0 Å². The van der Waals surface area contributed by atoms with Crippen molar-refractivity contribution in [2.75, 3.05) is 7.02 Å². The monoisotopic (exact) mass is 506 g/mol. The molecule has 1 aromatic carbocycles. The van der Waals surface area contributed by atoms with E-state index in [4.69, 9.17) is 6.11 Å². The maximum atomic E-state index is 13.7. The third-order valence-electron chi connectivity index (χ3n) is 5.25. The number of aliphatic carboxylic acids is 1. The Balaban J connectivity index is 3.34. The Kier molecular flexibility index (Phi) is 11.2. The van der Waals surface area contributed by atoms with Crippen molar-refractivity contribution in [1.82, 2.24) is 15.5 Å². The number of hydrogen-bond acceptors (Lipinski definition) is 5. The van der Waals surface area contributed by atoms with Crippen LogP contribution in [0.4, 0.5) is 4.79 Å². The van der Waals surface area contributed by atoms with E-state index in [9.17, 15) is 24.3 Å². The number of carbonyl (C=O) groups is 4. The summed E-state index contributed by atoms with van der Waals surface area (Å²) in [6, 6.07) is 5.66. The van der Waals surface area contributed by atoms with Gasteiger partial charge >= 0.3 is 12.1 Å². The third kappa shape index (κ3) is 11.1. The smallest absolute Gasteiger partial charge is 0.408 e. The zero-order chi connectivity index (χ0) is 28.3. The summed E-state index contributed by atoms with van der Waals surface area (Å²) in [7, 11) is -0.559. The van der Waals surface area contributed by atoms with Gasteiger partial charge in [-0.15, -0.1) is 0 Å². The van der Waals surface area contributed by atoms with E-state index in [1.807, 2.05) is 33.8 Å². The molecule has 3 amide bonds. The summed E-state index contributed by atoms with van der Waals surface area (Å²) in [6.07, 6.45) is -0.223. The maximum Gasteiger partial charge on any atom is 0.408 e. The Labute approximate surface area is 216 Å². The second-order valence-electron chi connectivity index (χ2n) is 10.9. The summed E-state index contributed by atoms with van der Waals surface area (Å²) >= 11 is 0. The number of hydrogen-bond donors (Lipinski definition) is 3. The molecular weight excluding hydrogens is 462 g/mol. The lowest BCUT2D eigenvalue weighted by atomic mass is 9.99. The molecule has 0 saturated heterocycles. The second kappa shape index (κ2) is 13.8. The first-order valence-electron chi connectivity index (χ1n) is 13.0. The van der Waals surface area contributed by atoms with Gasteiger partial charge in [-0.1, -0.05) is 58.0 Å². The number of rotatable bonds is 12. The van der Waals surface area contributed by atoms with Gasteiger partial charge in [0.25, 0.3) is 0 Å². The van der Waals surface area contributed by atoms with Crippen LogP contribution in [0.15, 0.2) is 30.3 Å². The highest BCUT2D eigenvalue weighted by molar-refractivity contribution is 5.93. The average molecular weight is 507 g/mol. The van der Waals surface area contributed by atoms with Gasteiger partial charge in [0.05, 0.1) is 0 Å². The van der Waals surface area contributed by atoms with Crippen LogP contribution in [0.1, 0.15) is 68.2 Å². The van der Waals surface area contributed by atoms with Crippen LogP contribution in [-0.4, -0.2) is 64.6 Å². The molecule has 0 radical (unpaired) electrons. The summed E-state index contributed by atoms with van der Waals surface area (Å²) in [5.41, 5.74) is -0.0343. The van der Waals surface area contributed by atoms with Gasteiger partial charge in [0.15, 0.2) is 0 Å². The summed E-state index contributed by atoms with van der Waals surface area (Å²) in [6.45, 7) is 12.6. The molecule has 0 aromatic heterocycles. The van der Waals surface area contributed by atoms with Crippen molar-refractivity contribution in [2.24, 2.45) is 11.8 Å². The van der Waals surface area contributed by atoms with Crippen molar-refractivity contribution in [2.45, 2.75) is 91.5 Å². The van der Waals surface area contributed by atoms with Gasteiger partial charge < -0.3 is 25.4 Å². The summed E-state index contributed by atoms with van der Waals surface area (Å²) in [5, 5.41) is 14.8. The highest BCUT2D eigenvalue weighted by atomic mass is 16.6. The first-order chi connectivity index (χ1) is 17.1. The molecule has 1 rings (SSSR count). The molecular formula is C27H43N3O6. The lowest BCUT2D eigenvalue weighted by molar-refractivity contribution is -0.145. The average Bonchev–Trinajstić information content (AvgIpc) is 2.76. The van der Waals surface area contributed by atoms with Crippen LogP contribution in [0, 0.1) is 11.8 Å². The van der Waals surface area contributed by atoms with Crippen LogP contribution in [0.5, 0.6) is 0 Å². The Morgan fingerprint density at radius 1 is 0.972 bits per heavy atom. The van der Waals surface area contributed by atoms with E-state index in [1.54, 1.807) is 45.0 Å². The van der Waals surface area contributed by atoms with E-state index in [1.165, 1.54) is 0 Å². The standard InChI is InChI=1S/C27H43N3O6/c1-17(2)14-20(29-26(35)36-27(5,6)7)24(32)30(8)22(16-19-12-10-9-11-13-19)23(31)28-21(25(33)34)15-18(3)4/h9-13,17-18,20-22H,14-16H2,1-8H3,(H,28,31)(H,29,35)(H,33,34)/t20-,21+,22-/m0/s1/i8D. The number of likely N-dealkylation sites (N-methyl/N-ethyl adjacent to an activating group) is 1. The third-order valence-corrected chi connectivity index (χ3v) is 5.25. The van der Waals surface area contributed by atoms with Crippen molar-refractivity contribution in [3.05, 3.63) is 35.9 Å². The number of amides is 3. The highest BCUT2D eigenvalue weighted by Gasteiger charge is 2.35. The highest BCUT2D eigenvalue weighted by Crippen LogP contribution is 2.15. The van der Waals surface area contributed by atoms with E-state index < -0.39 is 54.6 Å². The molecule has 0 heterocycles.